The molecule has 0 aliphatic heterocycles. The minimum atomic E-state index is -0.836. The topological polar surface area (TPSA) is 98.5 Å². The molecule has 1 heterocycles. The van der Waals surface area contributed by atoms with Crippen LogP contribution in [0.1, 0.15) is 9.67 Å². The summed E-state index contributed by atoms with van der Waals surface area (Å²) in [6, 6.07) is 5.89. The number of rotatable bonds is 5. The molecule has 0 atom stereocenters. The van der Waals surface area contributed by atoms with Gasteiger partial charge in [0.2, 0.25) is 0 Å². The molecular formula is C13H8BrFN2O5S. The van der Waals surface area contributed by atoms with Gasteiger partial charge in [0.25, 0.3) is 11.6 Å². The smallest absolute Gasteiger partial charge is 0.348 e. The van der Waals surface area contributed by atoms with Crippen LogP contribution in [0.25, 0.3) is 0 Å². The Balaban J connectivity index is 1.96. The van der Waals surface area contributed by atoms with Crippen LogP contribution in [-0.2, 0) is 9.53 Å². The predicted molar refractivity (Wildman–Crippen MR) is 84.0 cm³/mol. The highest BCUT2D eigenvalue weighted by Crippen LogP contribution is 2.23. The molecule has 0 bridgehead atoms. The summed E-state index contributed by atoms with van der Waals surface area (Å²) >= 11 is 4.32. The number of nitro groups is 1. The molecule has 0 unspecified atom stereocenters. The highest BCUT2D eigenvalue weighted by Gasteiger charge is 2.15. The number of carbonyl (C=O) groups excluding carboxylic acids is 2. The number of thiophene rings is 1. The van der Waals surface area contributed by atoms with Gasteiger partial charge in [-0.1, -0.05) is 0 Å². The Morgan fingerprint density at radius 2 is 2.09 bits per heavy atom. The Hall–Kier alpha value is -2.33. The number of carbonyl (C=O) groups is 2. The van der Waals surface area contributed by atoms with Crippen molar-refractivity contribution in [3.8, 4) is 0 Å². The number of nitrogens with zero attached hydrogens (tertiary/aromatic N) is 1. The van der Waals surface area contributed by atoms with Crippen molar-refractivity contribution < 1.29 is 23.6 Å². The summed E-state index contributed by atoms with van der Waals surface area (Å²) < 4.78 is 19.0. The summed E-state index contributed by atoms with van der Waals surface area (Å²) in [6.45, 7) is -0.642. The molecule has 7 nitrogen and oxygen atoms in total. The average molecular weight is 403 g/mol. The van der Waals surface area contributed by atoms with Crippen molar-refractivity contribution in [2.75, 3.05) is 11.9 Å². The maximum Gasteiger partial charge on any atom is 0.348 e. The van der Waals surface area contributed by atoms with E-state index in [1.165, 1.54) is 6.07 Å². The average Bonchev–Trinajstić information content (AvgIpc) is 2.93. The zero-order valence-electron chi connectivity index (χ0n) is 11.2. The zero-order valence-corrected chi connectivity index (χ0v) is 13.6. The summed E-state index contributed by atoms with van der Waals surface area (Å²) in [5.41, 5.74) is -0.735. The lowest BCUT2D eigenvalue weighted by molar-refractivity contribution is -0.384. The Kier molecular flexibility index (Phi) is 5.40. The van der Waals surface area contributed by atoms with Crippen LogP contribution in [0.5, 0.6) is 0 Å². The van der Waals surface area contributed by atoms with Crippen molar-refractivity contribution in [1.82, 2.24) is 0 Å². The van der Waals surface area contributed by atoms with Gasteiger partial charge in [-0.3, -0.25) is 14.9 Å². The Morgan fingerprint density at radius 1 is 1.35 bits per heavy atom. The molecule has 2 rings (SSSR count). The van der Waals surface area contributed by atoms with Crippen molar-refractivity contribution in [3.63, 3.8) is 0 Å². The number of nitro benzene ring substituents is 1. The van der Waals surface area contributed by atoms with E-state index < -0.39 is 29.2 Å². The molecule has 0 aliphatic rings. The molecule has 23 heavy (non-hydrogen) atoms. The van der Waals surface area contributed by atoms with Crippen LogP contribution in [0, 0.1) is 15.9 Å². The van der Waals surface area contributed by atoms with Gasteiger partial charge in [-0.25, -0.2) is 9.18 Å². The molecule has 120 valence electrons. The number of esters is 1. The second kappa shape index (κ2) is 7.29. The lowest BCUT2D eigenvalue weighted by atomic mass is 10.2. The van der Waals surface area contributed by atoms with E-state index in [9.17, 15) is 24.1 Å². The largest absolute Gasteiger partial charge is 0.451 e. The van der Waals surface area contributed by atoms with Crippen LogP contribution < -0.4 is 5.32 Å². The highest BCUT2D eigenvalue weighted by molar-refractivity contribution is 9.11. The number of benzene rings is 1. The fourth-order valence-corrected chi connectivity index (χ4v) is 2.81. The fourth-order valence-electron chi connectivity index (χ4n) is 1.54. The van der Waals surface area contributed by atoms with Crippen LogP contribution in [-0.4, -0.2) is 23.4 Å². The number of amides is 1. The lowest BCUT2D eigenvalue weighted by Gasteiger charge is -2.06. The van der Waals surface area contributed by atoms with Crippen LogP contribution >= 0.6 is 27.3 Å². The van der Waals surface area contributed by atoms with Gasteiger partial charge in [-0.15, -0.1) is 11.3 Å². The van der Waals surface area contributed by atoms with Crippen LogP contribution in [0.2, 0.25) is 0 Å². The van der Waals surface area contributed by atoms with E-state index in [0.29, 0.717) is 4.88 Å². The Labute approximate surface area is 141 Å². The standard InChI is InChI=1S/C13H8BrFN2O5S/c14-11-4-3-10(23-11)13(19)22-6-12(18)16-9-5-7(17(20)21)1-2-8(9)15/h1-5H,6H2,(H,16,18). The van der Waals surface area contributed by atoms with Gasteiger partial charge in [0, 0.05) is 12.1 Å². The summed E-state index contributed by atoms with van der Waals surface area (Å²) in [4.78, 5) is 33.5. The molecule has 0 aliphatic carbocycles. The Morgan fingerprint density at radius 3 is 2.70 bits per heavy atom. The summed E-state index contributed by atoms with van der Waals surface area (Å²) in [5, 5.41) is 12.7. The molecular weight excluding hydrogens is 395 g/mol. The van der Waals surface area contributed by atoms with Crippen molar-refractivity contribution in [1.29, 1.82) is 0 Å². The molecule has 0 radical (unpaired) electrons. The monoisotopic (exact) mass is 402 g/mol. The third kappa shape index (κ3) is 4.57. The van der Waals surface area contributed by atoms with Crippen molar-refractivity contribution in [2.24, 2.45) is 0 Å². The van der Waals surface area contributed by atoms with E-state index in [-0.39, 0.29) is 11.4 Å². The minimum Gasteiger partial charge on any atom is -0.451 e. The summed E-state index contributed by atoms with van der Waals surface area (Å²) in [6.07, 6.45) is 0. The molecule has 1 N–H and O–H groups in total. The SMILES string of the molecule is O=C(COC(=O)c1ccc(Br)s1)Nc1cc([N+](=O)[O-])ccc1F. The first-order valence-electron chi connectivity index (χ1n) is 6.03. The van der Waals surface area contributed by atoms with E-state index in [1.54, 1.807) is 6.07 Å². The molecule has 10 heteroatoms. The molecule has 0 spiro atoms. The molecule has 0 saturated carbocycles. The fraction of sp³-hybridized carbons (Fsp3) is 0.0769. The van der Waals surface area contributed by atoms with Gasteiger partial charge in [-0.05, 0) is 34.1 Å². The third-order valence-electron chi connectivity index (χ3n) is 2.54. The van der Waals surface area contributed by atoms with Crippen LogP contribution in [0.15, 0.2) is 34.1 Å². The number of halogens is 2. The number of non-ortho nitro benzene ring substituents is 1. The van der Waals surface area contributed by atoms with E-state index in [2.05, 4.69) is 21.2 Å². The van der Waals surface area contributed by atoms with Gasteiger partial charge >= 0.3 is 5.97 Å². The molecule has 0 saturated heterocycles. The maximum atomic E-state index is 13.5. The number of anilines is 1. The van der Waals surface area contributed by atoms with Gasteiger partial charge in [-0.2, -0.15) is 0 Å². The quantitative estimate of drug-likeness (QED) is 0.469. The van der Waals surface area contributed by atoms with E-state index in [4.69, 9.17) is 4.74 Å². The molecule has 0 fully saturated rings. The van der Waals surface area contributed by atoms with E-state index >= 15 is 0 Å². The van der Waals surface area contributed by atoms with E-state index in [0.717, 1.165) is 33.3 Å². The summed E-state index contributed by atoms with van der Waals surface area (Å²) in [7, 11) is 0. The highest BCUT2D eigenvalue weighted by atomic mass is 79.9. The van der Waals surface area contributed by atoms with Gasteiger partial charge in [0.1, 0.15) is 10.7 Å². The zero-order chi connectivity index (χ0) is 17.0. The van der Waals surface area contributed by atoms with Crippen molar-refractivity contribution in [3.05, 3.63) is 54.9 Å². The van der Waals surface area contributed by atoms with E-state index in [1.807, 2.05) is 0 Å². The molecule has 2 aromatic rings. The Bertz CT molecular complexity index is 779. The number of ether oxygens (including phenoxy) is 1. The summed E-state index contributed by atoms with van der Waals surface area (Å²) in [5.74, 6) is -2.35. The normalized spacial score (nSPS) is 10.2. The number of hydrogen-bond acceptors (Lipinski definition) is 6. The maximum absolute atomic E-state index is 13.5. The second-order valence-corrected chi connectivity index (χ2v) is 6.61. The molecule has 1 aromatic heterocycles. The molecule has 1 amide bonds. The van der Waals surface area contributed by atoms with Crippen LogP contribution in [0.3, 0.4) is 0 Å². The lowest BCUT2D eigenvalue weighted by Crippen LogP contribution is -2.21. The first kappa shape index (κ1) is 17.0. The minimum absolute atomic E-state index is 0.297. The van der Waals surface area contributed by atoms with Gasteiger partial charge in [0.15, 0.2) is 6.61 Å². The third-order valence-corrected chi connectivity index (χ3v) is 4.15. The van der Waals surface area contributed by atoms with Crippen LogP contribution in [0.4, 0.5) is 15.8 Å². The first-order valence-corrected chi connectivity index (χ1v) is 7.64. The first-order chi connectivity index (χ1) is 10.9. The predicted octanol–water partition coefficient (Wildman–Crippen LogP) is 3.35. The number of hydrogen-bond donors (Lipinski definition) is 1. The second-order valence-electron chi connectivity index (χ2n) is 4.15. The van der Waals surface area contributed by atoms with Gasteiger partial charge in [0.05, 0.1) is 14.4 Å². The van der Waals surface area contributed by atoms with Crippen molar-refractivity contribution in [2.45, 2.75) is 0 Å². The number of nitrogens with one attached hydrogen (secondary N) is 1. The molecule has 1 aromatic carbocycles. The van der Waals surface area contributed by atoms with Gasteiger partial charge < -0.3 is 10.1 Å². The van der Waals surface area contributed by atoms with Crippen molar-refractivity contribution >= 4 is 50.5 Å².